The zero-order valence-electron chi connectivity index (χ0n) is 13.0. The quantitative estimate of drug-likeness (QED) is 0.711. The summed E-state index contributed by atoms with van der Waals surface area (Å²) in [5.74, 6) is 0.642. The van der Waals surface area contributed by atoms with Crippen LogP contribution in [0, 0.1) is 5.92 Å². The minimum absolute atomic E-state index is 0. The molecule has 0 aliphatic rings. The highest BCUT2D eigenvalue weighted by atomic mass is 35.5. The molecule has 0 aliphatic carbocycles. The van der Waals surface area contributed by atoms with Gasteiger partial charge in [0, 0.05) is 26.2 Å². The summed E-state index contributed by atoms with van der Waals surface area (Å²) in [6.07, 6.45) is 2.21. The van der Waals surface area contributed by atoms with Crippen molar-refractivity contribution in [1.29, 1.82) is 0 Å². The van der Waals surface area contributed by atoms with Gasteiger partial charge in [-0.3, -0.25) is 4.79 Å². The molecule has 1 amide bonds. The van der Waals surface area contributed by atoms with Crippen molar-refractivity contribution in [2.24, 2.45) is 11.7 Å². The third-order valence-corrected chi connectivity index (χ3v) is 3.26. The van der Waals surface area contributed by atoms with Gasteiger partial charge in [-0.25, -0.2) is 0 Å². The average Bonchev–Trinajstić information content (AvgIpc) is 2.35. The van der Waals surface area contributed by atoms with E-state index in [1.54, 1.807) is 7.11 Å². The van der Waals surface area contributed by atoms with Crippen LogP contribution in [0.1, 0.15) is 47.0 Å². The van der Waals surface area contributed by atoms with Gasteiger partial charge in [-0.15, -0.1) is 12.4 Å². The van der Waals surface area contributed by atoms with Gasteiger partial charge in [-0.05, 0) is 18.8 Å². The Bertz CT molecular complexity index is 229. The number of nitrogens with zero attached hydrogens (tertiary/aromatic N) is 1. The summed E-state index contributed by atoms with van der Waals surface area (Å²) < 4.78 is 5.20. The monoisotopic (exact) mass is 294 g/mol. The van der Waals surface area contributed by atoms with Gasteiger partial charge in [-0.1, -0.05) is 27.7 Å². The van der Waals surface area contributed by atoms with Crippen LogP contribution >= 0.6 is 12.4 Å². The molecule has 2 N–H and O–H groups in total. The van der Waals surface area contributed by atoms with Crippen LogP contribution in [0.25, 0.3) is 0 Å². The standard InChI is InChI=1S/C14H30N2O2.ClH/c1-6-12(7-2)16(10-11(3)4)14(17)8-13(9-15)18-5;/h11-13H,6-10,15H2,1-5H3;1H. The van der Waals surface area contributed by atoms with E-state index in [1.165, 1.54) is 0 Å². The first-order chi connectivity index (χ1) is 8.49. The minimum Gasteiger partial charge on any atom is -0.380 e. The first kappa shape index (κ1) is 21.0. The summed E-state index contributed by atoms with van der Waals surface area (Å²) in [5, 5.41) is 0. The molecule has 5 heteroatoms. The van der Waals surface area contributed by atoms with Crippen molar-refractivity contribution in [2.75, 3.05) is 20.2 Å². The summed E-state index contributed by atoms with van der Waals surface area (Å²) in [7, 11) is 1.61. The van der Waals surface area contributed by atoms with Gasteiger partial charge in [0.15, 0.2) is 0 Å². The fourth-order valence-electron chi connectivity index (χ4n) is 2.15. The Morgan fingerprint density at radius 3 is 2.11 bits per heavy atom. The van der Waals surface area contributed by atoms with Crippen molar-refractivity contribution in [3.63, 3.8) is 0 Å². The van der Waals surface area contributed by atoms with E-state index in [4.69, 9.17) is 10.5 Å². The summed E-state index contributed by atoms with van der Waals surface area (Å²) >= 11 is 0. The van der Waals surface area contributed by atoms with Crippen molar-refractivity contribution in [3.05, 3.63) is 0 Å². The number of hydrogen-bond donors (Lipinski definition) is 1. The Kier molecular flexibility index (Phi) is 12.7. The summed E-state index contributed by atoms with van der Waals surface area (Å²) in [5.41, 5.74) is 5.58. The van der Waals surface area contributed by atoms with E-state index < -0.39 is 0 Å². The average molecular weight is 295 g/mol. The highest BCUT2D eigenvalue weighted by Gasteiger charge is 2.24. The van der Waals surface area contributed by atoms with Crippen LogP contribution in [0.15, 0.2) is 0 Å². The number of rotatable bonds is 9. The molecule has 0 heterocycles. The van der Waals surface area contributed by atoms with E-state index in [-0.39, 0.29) is 24.4 Å². The third kappa shape index (κ3) is 7.75. The maximum Gasteiger partial charge on any atom is 0.225 e. The van der Waals surface area contributed by atoms with Gasteiger partial charge in [0.25, 0.3) is 0 Å². The highest BCUT2D eigenvalue weighted by molar-refractivity contribution is 5.85. The number of methoxy groups -OCH3 is 1. The summed E-state index contributed by atoms with van der Waals surface area (Å²) in [4.78, 5) is 14.4. The lowest BCUT2D eigenvalue weighted by atomic mass is 10.1. The van der Waals surface area contributed by atoms with E-state index in [1.807, 2.05) is 4.90 Å². The molecular formula is C14H31ClN2O2. The molecule has 0 aromatic carbocycles. The number of carbonyl (C=O) groups is 1. The Morgan fingerprint density at radius 1 is 1.26 bits per heavy atom. The van der Waals surface area contributed by atoms with E-state index in [2.05, 4.69) is 27.7 Å². The molecule has 0 fully saturated rings. The fraction of sp³-hybridized carbons (Fsp3) is 0.929. The Labute approximate surface area is 124 Å². The minimum atomic E-state index is -0.165. The van der Waals surface area contributed by atoms with E-state index >= 15 is 0 Å². The van der Waals surface area contributed by atoms with Crippen LogP contribution in [-0.2, 0) is 9.53 Å². The lowest BCUT2D eigenvalue weighted by Crippen LogP contribution is -2.44. The predicted octanol–water partition coefficient (Wildman–Crippen LogP) is 2.45. The Balaban J connectivity index is 0. The van der Waals surface area contributed by atoms with Crippen molar-refractivity contribution in [1.82, 2.24) is 4.90 Å². The SMILES string of the molecule is CCC(CC)N(CC(C)C)C(=O)CC(CN)OC.Cl. The maximum absolute atomic E-state index is 12.4. The number of ether oxygens (including phenoxy) is 1. The summed E-state index contributed by atoms with van der Waals surface area (Å²) in [6, 6.07) is 0.329. The van der Waals surface area contributed by atoms with E-state index in [0.29, 0.717) is 24.9 Å². The largest absolute Gasteiger partial charge is 0.380 e. The molecule has 4 nitrogen and oxygen atoms in total. The number of nitrogens with two attached hydrogens (primary N) is 1. The van der Waals surface area contributed by atoms with Crippen LogP contribution in [0.5, 0.6) is 0 Å². The van der Waals surface area contributed by atoms with Crippen molar-refractivity contribution < 1.29 is 9.53 Å². The van der Waals surface area contributed by atoms with Gasteiger partial charge < -0.3 is 15.4 Å². The molecule has 0 radical (unpaired) electrons. The number of carbonyl (C=O) groups excluding carboxylic acids is 1. The molecule has 116 valence electrons. The molecule has 0 saturated heterocycles. The first-order valence-corrected chi connectivity index (χ1v) is 7.02. The smallest absolute Gasteiger partial charge is 0.225 e. The van der Waals surface area contributed by atoms with Gasteiger partial charge in [-0.2, -0.15) is 0 Å². The zero-order chi connectivity index (χ0) is 14.1. The van der Waals surface area contributed by atoms with Crippen molar-refractivity contribution in [2.45, 2.75) is 59.1 Å². The van der Waals surface area contributed by atoms with Gasteiger partial charge >= 0.3 is 0 Å². The topological polar surface area (TPSA) is 55.6 Å². The first-order valence-electron chi connectivity index (χ1n) is 7.02. The maximum atomic E-state index is 12.4. The Morgan fingerprint density at radius 2 is 1.79 bits per heavy atom. The van der Waals surface area contributed by atoms with Crippen molar-refractivity contribution >= 4 is 18.3 Å². The molecule has 0 rings (SSSR count). The number of halogens is 1. The van der Waals surface area contributed by atoms with E-state index in [9.17, 15) is 4.79 Å². The normalized spacial score (nSPS) is 12.4. The number of amides is 1. The molecule has 0 bridgehead atoms. The molecule has 1 atom stereocenters. The Hall–Kier alpha value is -0.320. The van der Waals surface area contributed by atoms with Crippen molar-refractivity contribution in [3.8, 4) is 0 Å². The van der Waals surface area contributed by atoms with Crippen LogP contribution in [-0.4, -0.2) is 43.2 Å². The number of hydrogen-bond acceptors (Lipinski definition) is 3. The van der Waals surface area contributed by atoms with Gasteiger partial charge in [0.05, 0.1) is 12.5 Å². The summed E-state index contributed by atoms with van der Waals surface area (Å²) in [6.45, 7) is 9.74. The van der Waals surface area contributed by atoms with Crippen LogP contribution in [0.2, 0.25) is 0 Å². The molecule has 0 aromatic heterocycles. The van der Waals surface area contributed by atoms with E-state index in [0.717, 1.165) is 19.4 Å². The molecule has 0 aliphatic heterocycles. The lowest BCUT2D eigenvalue weighted by molar-refractivity contribution is -0.136. The lowest BCUT2D eigenvalue weighted by Gasteiger charge is -2.33. The highest BCUT2D eigenvalue weighted by Crippen LogP contribution is 2.14. The third-order valence-electron chi connectivity index (χ3n) is 3.26. The van der Waals surface area contributed by atoms with Crippen LogP contribution < -0.4 is 5.73 Å². The molecular weight excluding hydrogens is 264 g/mol. The predicted molar refractivity (Wildman–Crippen MR) is 82.6 cm³/mol. The second-order valence-electron chi connectivity index (χ2n) is 5.21. The van der Waals surface area contributed by atoms with Crippen LogP contribution in [0.4, 0.5) is 0 Å². The fourth-order valence-corrected chi connectivity index (χ4v) is 2.15. The molecule has 0 spiro atoms. The van der Waals surface area contributed by atoms with Gasteiger partial charge in [0.1, 0.15) is 0 Å². The second-order valence-corrected chi connectivity index (χ2v) is 5.21. The molecule has 1 unspecified atom stereocenters. The molecule has 0 saturated carbocycles. The molecule has 0 aromatic rings. The zero-order valence-corrected chi connectivity index (χ0v) is 13.8. The second kappa shape index (κ2) is 11.5. The molecule has 19 heavy (non-hydrogen) atoms. The van der Waals surface area contributed by atoms with Gasteiger partial charge in [0.2, 0.25) is 5.91 Å². The van der Waals surface area contributed by atoms with Crippen LogP contribution in [0.3, 0.4) is 0 Å².